The molecule has 2 aromatic heterocycles. The molecule has 7 nitrogen and oxygen atoms in total. The third kappa shape index (κ3) is 3.80. The van der Waals surface area contributed by atoms with Gasteiger partial charge in [-0.15, -0.1) is 0 Å². The van der Waals surface area contributed by atoms with Crippen LogP contribution in [0.25, 0.3) is 5.69 Å². The topological polar surface area (TPSA) is 76.2 Å². The van der Waals surface area contributed by atoms with E-state index in [2.05, 4.69) is 10.3 Å². The first-order valence-electron chi connectivity index (χ1n) is 10.6. The lowest BCUT2D eigenvalue weighted by Gasteiger charge is -2.29. The summed E-state index contributed by atoms with van der Waals surface area (Å²) in [5.74, 6) is -0.292. The number of aryl methyl sites for hydroxylation is 1. The zero-order valence-corrected chi connectivity index (χ0v) is 18.9. The highest BCUT2D eigenvalue weighted by molar-refractivity contribution is 7.80. The summed E-state index contributed by atoms with van der Waals surface area (Å²) in [5, 5.41) is 15.2. The molecule has 0 amide bonds. The summed E-state index contributed by atoms with van der Waals surface area (Å²) in [5.41, 5.74) is 3.56. The monoisotopic (exact) mass is 473 g/mol. The Labute approximate surface area is 200 Å². The van der Waals surface area contributed by atoms with Crippen LogP contribution in [0.15, 0.2) is 85.2 Å². The number of nitro benzene ring substituents is 1. The Kier molecular flexibility index (Phi) is 5.54. The minimum Gasteiger partial charge on any atom is -0.351 e. The second-order valence-electron chi connectivity index (χ2n) is 8.01. The van der Waals surface area contributed by atoms with Crippen molar-refractivity contribution in [3.8, 4) is 5.69 Å². The van der Waals surface area contributed by atoms with Gasteiger partial charge in [0.1, 0.15) is 11.9 Å². The van der Waals surface area contributed by atoms with Gasteiger partial charge in [0.25, 0.3) is 5.69 Å². The van der Waals surface area contributed by atoms with Crippen molar-refractivity contribution in [2.45, 2.75) is 19.0 Å². The normalized spacial score (nSPS) is 17.6. The largest absolute Gasteiger partial charge is 0.351 e. The standard InChI is InChI=1S/C25H20FN5O2S/c1-16-14-18(10-11-20(16)26)30-24(23(28-25(30)34)21-8-2-3-12-27-21)22-9-5-13-29(22)17-6-4-7-19(15-17)31(32)33/h2-15,23-24H,1H3,(H,28,34)/t23-,24-/m0/s1. The number of hydrogen-bond acceptors (Lipinski definition) is 4. The Bertz CT molecular complexity index is 1390. The minimum absolute atomic E-state index is 0.00418. The highest BCUT2D eigenvalue weighted by Crippen LogP contribution is 2.42. The highest BCUT2D eigenvalue weighted by atomic mass is 32.1. The summed E-state index contributed by atoms with van der Waals surface area (Å²) in [7, 11) is 0. The van der Waals surface area contributed by atoms with E-state index in [9.17, 15) is 14.5 Å². The van der Waals surface area contributed by atoms with Gasteiger partial charge in [-0.05, 0) is 73.2 Å². The molecule has 170 valence electrons. The Hall–Kier alpha value is -4.11. The first kappa shape index (κ1) is 21.7. The van der Waals surface area contributed by atoms with Crippen molar-refractivity contribution in [3.05, 3.63) is 118 Å². The van der Waals surface area contributed by atoms with Crippen LogP contribution in [0.5, 0.6) is 0 Å². The van der Waals surface area contributed by atoms with Crippen molar-refractivity contribution in [2.24, 2.45) is 0 Å². The van der Waals surface area contributed by atoms with Gasteiger partial charge in [-0.25, -0.2) is 4.39 Å². The van der Waals surface area contributed by atoms with Crippen molar-refractivity contribution < 1.29 is 9.31 Å². The minimum atomic E-state index is -0.413. The molecule has 0 bridgehead atoms. The molecule has 34 heavy (non-hydrogen) atoms. The van der Waals surface area contributed by atoms with E-state index in [-0.39, 0.29) is 23.6 Å². The molecule has 0 radical (unpaired) electrons. The molecule has 0 spiro atoms. The van der Waals surface area contributed by atoms with Crippen molar-refractivity contribution in [1.82, 2.24) is 14.9 Å². The number of rotatable bonds is 5. The molecule has 1 fully saturated rings. The van der Waals surface area contributed by atoms with E-state index in [1.54, 1.807) is 31.3 Å². The maximum absolute atomic E-state index is 14.0. The zero-order valence-electron chi connectivity index (χ0n) is 18.1. The number of thiocarbonyl (C=S) groups is 1. The van der Waals surface area contributed by atoms with E-state index in [4.69, 9.17) is 12.2 Å². The zero-order chi connectivity index (χ0) is 23.8. The first-order chi connectivity index (χ1) is 16.4. The van der Waals surface area contributed by atoms with Crippen LogP contribution in [0.2, 0.25) is 0 Å². The van der Waals surface area contributed by atoms with Gasteiger partial charge in [0.05, 0.1) is 22.3 Å². The van der Waals surface area contributed by atoms with E-state index >= 15 is 0 Å². The van der Waals surface area contributed by atoms with Gasteiger partial charge in [-0.2, -0.15) is 0 Å². The van der Waals surface area contributed by atoms with E-state index in [1.165, 1.54) is 18.2 Å². The fourth-order valence-electron chi connectivity index (χ4n) is 4.34. The van der Waals surface area contributed by atoms with Crippen LogP contribution in [0.4, 0.5) is 15.8 Å². The van der Waals surface area contributed by atoms with Crippen LogP contribution in [0.3, 0.4) is 0 Å². The molecule has 3 heterocycles. The lowest BCUT2D eigenvalue weighted by atomic mass is 10.0. The predicted octanol–water partition coefficient (Wildman–Crippen LogP) is 5.41. The summed E-state index contributed by atoms with van der Waals surface area (Å²) in [6.45, 7) is 1.71. The maximum Gasteiger partial charge on any atom is 0.271 e. The molecule has 2 aromatic carbocycles. The van der Waals surface area contributed by atoms with Gasteiger partial charge in [-0.3, -0.25) is 15.1 Å². The molecule has 1 aliphatic heterocycles. The SMILES string of the molecule is Cc1cc(N2C(=S)N[C@@H](c3ccccn3)[C@@H]2c2cccn2-c2cccc([N+](=O)[O-])c2)ccc1F. The molecule has 2 atom stereocenters. The second kappa shape index (κ2) is 8.68. The average molecular weight is 474 g/mol. The molecule has 9 heteroatoms. The number of aromatic nitrogens is 2. The van der Waals surface area contributed by atoms with Crippen molar-refractivity contribution in [2.75, 3.05) is 4.90 Å². The molecule has 1 aliphatic rings. The number of nitro groups is 1. The summed E-state index contributed by atoms with van der Waals surface area (Å²) < 4.78 is 16.0. The Morgan fingerprint density at radius 1 is 1.06 bits per heavy atom. The lowest BCUT2D eigenvalue weighted by molar-refractivity contribution is -0.384. The smallest absolute Gasteiger partial charge is 0.271 e. The molecule has 0 aliphatic carbocycles. The van der Waals surface area contributed by atoms with Gasteiger partial charge in [0.2, 0.25) is 0 Å². The quantitative estimate of drug-likeness (QED) is 0.237. The van der Waals surface area contributed by atoms with Crippen molar-refractivity contribution >= 4 is 28.7 Å². The number of benzene rings is 2. The van der Waals surface area contributed by atoms with E-state index in [1.807, 2.05) is 52.1 Å². The van der Waals surface area contributed by atoms with Crippen LogP contribution in [0, 0.1) is 22.9 Å². The van der Waals surface area contributed by atoms with E-state index < -0.39 is 4.92 Å². The Morgan fingerprint density at radius 3 is 2.65 bits per heavy atom. The number of hydrogen-bond donors (Lipinski definition) is 1. The number of anilines is 1. The third-order valence-electron chi connectivity index (χ3n) is 5.92. The Morgan fingerprint density at radius 2 is 1.91 bits per heavy atom. The summed E-state index contributed by atoms with van der Waals surface area (Å²) in [6.07, 6.45) is 3.58. The fourth-order valence-corrected chi connectivity index (χ4v) is 4.68. The van der Waals surface area contributed by atoms with E-state index in [0.717, 1.165) is 17.1 Å². The molecule has 4 aromatic rings. The average Bonchev–Trinajstić information content (AvgIpc) is 3.46. The van der Waals surface area contributed by atoms with Crippen LogP contribution < -0.4 is 10.2 Å². The van der Waals surface area contributed by atoms with E-state index in [0.29, 0.717) is 16.4 Å². The molecule has 1 N–H and O–H groups in total. The van der Waals surface area contributed by atoms with Crippen LogP contribution in [0.1, 0.15) is 29.0 Å². The maximum atomic E-state index is 14.0. The van der Waals surface area contributed by atoms with Crippen molar-refractivity contribution in [3.63, 3.8) is 0 Å². The lowest BCUT2D eigenvalue weighted by Crippen LogP contribution is -2.30. The predicted molar refractivity (Wildman–Crippen MR) is 131 cm³/mol. The first-order valence-corrected chi connectivity index (χ1v) is 11.0. The molecule has 0 unspecified atom stereocenters. The number of halogens is 1. The van der Waals surface area contributed by atoms with Gasteiger partial charge in [0, 0.05) is 35.9 Å². The molecule has 5 rings (SSSR count). The van der Waals surface area contributed by atoms with Crippen molar-refractivity contribution in [1.29, 1.82) is 0 Å². The van der Waals surface area contributed by atoms with Crippen LogP contribution in [-0.2, 0) is 0 Å². The number of nitrogens with zero attached hydrogens (tertiary/aromatic N) is 4. The summed E-state index contributed by atoms with van der Waals surface area (Å²) in [6, 6.07) is 20.2. The number of non-ortho nitro benzene ring substituents is 1. The van der Waals surface area contributed by atoms with Crippen LogP contribution in [-0.4, -0.2) is 19.6 Å². The molecule has 0 saturated carbocycles. The van der Waals surface area contributed by atoms with Gasteiger partial charge < -0.3 is 14.8 Å². The number of nitrogens with one attached hydrogen (secondary N) is 1. The number of pyridine rings is 1. The molecule has 1 saturated heterocycles. The fraction of sp³-hybridized carbons (Fsp3) is 0.120. The molecular formula is C25H20FN5O2S. The van der Waals surface area contributed by atoms with Gasteiger partial charge in [0.15, 0.2) is 5.11 Å². The van der Waals surface area contributed by atoms with Gasteiger partial charge >= 0.3 is 0 Å². The van der Waals surface area contributed by atoms with Crippen LogP contribution >= 0.6 is 12.2 Å². The summed E-state index contributed by atoms with van der Waals surface area (Å²) in [4.78, 5) is 17.4. The summed E-state index contributed by atoms with van der Waals surface area (Å²) >= 11 is 5.74. The third-order valence-corrected chi connectivity index (χ3v) is 6.23. The van der Waals surface area contributed by atoms with Gasteiger partial charge in [-0.1, -0.05) is 12.1 Å². The highest BCUT2D eigenvalue weighted by Gasteiger charge is 2.42. The second-order valence-corrected chi connectivity index (χ2v) is 8.40. The molecular weight excluding hydrogens is 453 g/mol. The Balaban J connectivity index is 1.67.